The van der Waals surface area contributed by atoms with Crippen LogP contribution in [0.25, 0.3) is 0 Å². The van der Waals surface area contributed by atoms with Crippen LogP contribution in [0.15, 0.2) is 64.4 Å². The number of aromatic carboxylic acids is 1. The lowest BCUT2D eigenvalue weighted by Gasteiger charge is -2.16. The largest absolute Gasteiger partial charge is 0.744 e. The average molecular weight is 773 g/mol. The third kappa shape index (κ3) is 9.09. The molecule has 2 aliphatic rings. The minimum absolute atomic E-state index is 0.0172. The van der Waals surface area contributed by atoms with Crippen LogP contribution in [0.2, 0.25) is 0 Å². The predicted molar refractivity (Wildman–Crippen MR) is 192 cm³/mol. The summed E-state index contributed by atoms with van der Waals surface area (Å²) >= 11 is 0.859. The first kappa shape index (κ1) is 40.3. The van der Waals surface area contributed by atoms with Gasteiger partial charge in [0.2, 0.25) is 11.4 Å². The molecule has 53 heavy (non-hydrogen) atoms. The Hall–Kier alpha value is -3.87. The molecule has 0 spiro atoms. The molecule has 0 fully saturated rings. The maximum absolute atomic E-state index is 11.8. The summed E-state index contributed by atoms with van der Waals surface area (Å²) in [4.78, 5) is 12.3. The standard InChI is InChI=1S/C37H44N2O12S2/c1-24-36(3,4)31-22-29(52-51-50-42)7-9-33(31)38(24)11-13-46-15-17-48-27-19-26(35(40)41)20-28(21-27)49-18-16-47-14-12-39-25(2)37(5,6)32-23-30(53(43,44)45)8-10-34(32)39/h7-10,19-23H,11-18H2,1-6H3,(H-2,40,41,42,43,44,45). The highest BCUT2D eigenvalue weighted by atomic mass is 32.2. The van der Waals surface area contributed by atoms with Gasteiger partial charge in [0.05, 0.1) is 46.5 Å². The summed E-state index contributed by atoms with van der Waals surface area (Å²) < 4.78 is 66.8. The van der Waals surface area contributed by atoms with Crippen molar-refractivity contribution < 1.29 is 65.6 Å². The van der Waals surface area contributed by atoms with Crippen LogP contribution in [0.1, 0.15) is 63.0 Å². The van der Waals surface area contributed by atoms with Gasteiger partial charge in [-0.3, -0.25) is 5.04 Å². The van der Waals surface area contributed by atoms with Crippen molar-refractivity contribution in [1.82, 2.24) is 0 Å². The minimum Gasteiger partial charge on any atom is -0.744 e. The van der Waals surface area contributed by atoms with Gasteiger partial charge in [0, 0.05) is 48.1 Å². The van der Waals surface area contributed by atoms with Crippen molar-refractivity contribution in [3.63, 3.8) is 0 Å². The monoisotopic (exact) mass is 772 g/mol. The first-order chi connectivity index (χ1) is 25.0. The van der Waals surface area contributed by atoms with E-state index < -0.39 is 21.5 Å². The SMILES string of the molecule is CC1=[N+](CCOCCOc2cc(OCCOCC[N+]3=C(C)C(C)(C)c4cc(S(=O)(=O)[O-])ccc43)cc(C(=O)O)c2)c2ccc(SOO[O-])cc2C1(C)C. The van der Waals surface area contributed by atoms with Gasteiger partial charge in [0.25, 0.3) is 0 Å². The van der Waals surface area contributed by atoms with Crippen molar-refractivity contribution in [3.05, 3.63) is 71.3 Å². The Morgan fingerprint density at radius 1 is 0.755 bits per heavy atom. The zero-order chi connectivity index (χ0) is 38.6. The molecule has 14 nitrogen and oxygen atoms in total. The maximum Gasteiger partial charge on any atom is 0.335 e. The van der Waals surface area contributed by atoms with Crippen LogP contribution in [0.3, 0.4) is 0 Å². The van der Waals surface area contributed by atoms with E-state index >= 15 is 0 Å². The lowest BCUT2D eigenvalue weighted by molar-refractivity contribution is -0.777. The van der Waals surface area contributed by atoms with E-state index in [9.17, 15) is 28.1 Å². The molecule has 0 unspecified atom stereocenters. The number of carboxylic acids is 1. The summed E-state index contributed by atoms with van der Waals surface area (Å²) in [5.41, 5.74) is 5.23. The van der Waals surface area contributed by atoms with Gasteiger partial charge in [-0.25, -0.2) is 13.2 Å². The molecule has 0 radical (unpaired) electrons. The zero-order valence-corrected chi connectivity index (χ0v) is 32.1. The van der Waals surface area contributed by atoms with Crippen LogP contribution >= 0.6 is 12.0 Å². The highest BCUT2D eigenvalue weighted by Crippen LogP contribution is 2.42. The number of rotatable bonds is 19. The molecular formula is C37H44N2O12S2. The smallest absolute Gasteiger partial charge is 0.335 e. The molecule has 2 aliphatic heterocycles. The summed E-state index contributed by atoms with van der Waals surface area (Å²) in [6.45, 7) is 15.0. The molecule has 5 rings (SSSR count). The van der Waals surface area contributed by atoms with Gasteiger partial charge in [-0.1, -0.05) is 0 Å². The molecule has 0 saturated carbocycles. The second-order valence-corrected chi connectivity index (χ2v) is 15.8. The summed E-state index contributed by atoms with van der Waals surface area (Å²) in [6, 6.07) is 14.7. The van der Waals surface area contributed by atoms with Crippen LogP contribution in [0.5, 0.6) is 11.5 Å². The average Bonchev–Trinajstić information content (AvgIpc) is 3.42. The van der Waals surface area contributed by atoms with Crippen LogP contribution in [-0.4, -0.2) is 97.4 Å². The van der Waals surface area contributed by atoms with E-state index in [1.807, 2.05) is 43.5 Å². The Bertz CT molecular complexity index is 2030. The van der Waals surface area contributed by atoms with Gasteiger partial charge < -0.3 is 33.9 Å². The van der Waals surface area contributed by atoms with Crippen molar-refractivity contribution in [2.45, 2.75) is 62.2 Å². The van der Waals surface area contributed by atoms with E-state index in [1.54, 1.807) is 12.1 Å². The molecule has 2 heterocycles. The van der Waals surface area contributed by atoms with Gasteiger partial charge in [-0.05, 0) is 64.1 Å². The van der Waals surface area contributed by atoms with Gasteiger partial charge in [-0.15, -0.1) is 0 Å². The molecule has 3 aromatic rings. The third-order valence-electron chi connectivity index (χ3n) is 9.97. The molecule has 0 bridgehead atoms. The van der Waals surface area contributed by atoms with Gasteiger partial charge in [0.1, 0.15) is 48.0 Å². The van der Waals surface area contributed by atoms with Gasteiger partial charge in [0.15, 0.2) is 24.5 Å². The first-order valence-corrected chi connectivity index (χ1v) is 19.1. The van der Waals surface area contributed by atoms with Crippen LogP contribution < -0.4 is 14.7 Å². The number of nitrogens with zero attached hydrogens (tertiary/aromatic N) is 2. The molecule has 1 N–H and O–H groups in total. The molecule has 3 aromatic carbocycles. The fourth-order valence-corrected chi connectivity index (χ4v) is 7.47. The second-order valence-electron chi connectivity index (χ2n) is 13.7. The predicted octanol–water partition coefficient (Wildman–Crippen LogP) is 4.50. The molecule has 0 atom stereocenters. The highest BCUT2D eigenvalue weighted by Gasteiger charge is 2.44. The Morgan fingerprint density at radius 2 is 1.26 bits per heavy atom. The molecular weight excluding hydrogens is 729 g/mol. The molecule has 0 saturated heterocycles. The minimum atomic E-state index is -4.57. The highest BCUT2D eigenvalue weighted by molar-refractivity contribution is 7.94. The third-order valence-corrected chi connectivity index (χ3v) is 11.4. The lowest BCUT2D eigenvalue weighted by atomic mass is 9.82. The molecule has 0 amide bonds. The zero-order valence-electron chi connectivity index (χ0n) is 30.5. The summed E-state index contributed by atoms with van der Waals surface area (Å²) in [7, 11) is -4.57. The Labute approximate surface area is 313 Å². The van der Waals surface area contributed by atoms with Crippen molar-refractivity contribution in [2.24, 2.45) is 0 Å². The molecule has 16 heteroatoms. The maximum atomic E-state index is 11.8. The normalized spacial score (nSPS) is 15.8. The lowest BCUT2D eigenvalue weighted by Crippen LogP contribution is -2.27. The van der Waals surface area contributed by atoms with E-state index in [0.29, 0.717) is 37.8 Å². The van der Waals surface area contributed by atoms with E-state index in [-0.39, 0.29) is 42.3 Å². The Balaban J connectivity index is 1.07. The van der Waals surface area contributed by atoms with E-state index in [4.69, 9.17) is 18.9 Å². The molecule has 286 valence electrons. The Morgan fingerprint density at radius 3 is 1.75 bits per heavy atom. The van der Waals surface area contributed by atoms with E-state index in [2.05, 4.69) is 34.7 Å². The van der Waals surface area contributed by atoms with Crippen molar-refractivity contribution in [1.29, 1.82) is 0 Å². The number of carbonyl (C=O) groups is 1. The molecule has 0 aliphatic carbocycles. The topological polar surface area (TPSA) is 179 Å². The number of carboxylic acid groups (broad SMARTS) is 1. The number of ether oxygens (including phenoxy) is 4. The van der Waals surface area contributed by atoms with Gasteiger partial charge >= 0.3 is 5.97 Å². The summed E-state index contributed by atoms with van der Waals surface area (Å²) in [5.74, 6) is -0.466. The Kier molecular flexibility index (Phi) is 12.7. The number of fused-ring (bicyclic) bond motifs is 2. The number of benzene rings is 3. The fraction of sp³-hybridized carbons (Fsp3) is 0.432. The van der Waals surface area contributed by atoms with E-state index in [1.165, 1.54) is 24.3 Å². The second kappa shape index (κ2) is 16.7. The van der Waals surface area contributed by atoms with Crippen molar-refractivity contribution in [3.8, 4) is 11.5 Å². The molecule has 0 aromatic heterocycles. The van der Waals surface area contributed by atoms with Crippen LogP contribution in [0.4, 0.5) is 11.4 Å². The van der Waals surface area contributed by atoms with Gasteiger partial charge in [-0.2, -0.15) is 13.5 Å². The van der Waals surface area contributed by atoms with Crippen LogP contribution in [0, 0.1) is 0 Å². The summed E-state index contributed by atoms with van der Waals surface area (Å²) in [5, 5.41) is 23.4. The van der Waals surface area contributed by atoms with Crippen LogP contribution in [-0.2, 0) is 39.8 Å². The number of hydrogen-bond acceptors (Lipinski definition) is 12. The van der Waals surface area contributed by atoms with Crippen molar-refractivity contribution in [2.75, 3.05) is 52.7 Å². The number of hydrogen-bond donors (Lipinski definition) is 1. The summed E-state index contributed by atoms with van der Waals surface area (Å²) in [6.07, 6.45) is 0. The first-order valence-electron chi connectivity index (χ1n) is 17.0. The van der Waals surface area contributed by atoms with Crippen molar-refractivity contribution >= 4 is 50.9 Å². The van der Waals surface area contributed by atoms with E-state index in [0.717, 1.165) is 50.9 Å². The fourth-order valence-electron chi connectivity index (χ4n) is 6.58. The quantitative estimate of drug-likeness (QED) is 0.0450.